The molecule has 1 aromatic carbocycles. The molecule has 1 rings (SSSR count). The lowest BCUT2D eigenvalue weighted by atomic mass is 10.0. The normalized spacial score (nSPS) is 8.47. The Morgan fingerprint density at radius 1 is 1.47 bits per heavy atom. The predicted octanol–water partition coefficient (Wildman–Crippen LogP) is 2.69. The zero-order valence-electron chi connectivity index (χ0n) is 9.06. The summed E-state index contributed by atoms with van der Waals surface area (Å²) in [6.45, 7) is 5.43. The molecule has 15 heavy (non-hydrogen) atoms. The number of rotatable bonds is 1. The molecule has 0 aliphatic heterocycles. The van der Waals surface area contributed by atoms with Crippen molar-refractivity contribution in [3.8, 4) is 6.07 Å². The van der Waals surface area contributed by atoms with Crippen LogP contribution < -0.4 is 5.73 Å². The molecule has 0 saturated carbocycles. The van der Waals surface area contributed by atoms with Crippen molar-refractivity contribution in [2.45, 2.75) is 20.8 Å². The number of anilines is 1. The van der Waals surface area contributed by atoms with Crippen molar-refractivity contribution in [3.05, 3.63) is 29.1 Å². The number of hydrogen-bond donors (Lipinski definition) is 2. The van der Waals surface area contributed by atoms with E-state index in [1.165, 1.54) is 19.1 Å². The number of nitriles is 1. The summed E-state index contributed by atoms with van der Waals surface area (Å²) < 4.78 is 13.3. The minimum absolute atomic E-state index is 0.0130. The first-order valence-electron chi connectivity index (χ1n) is 4.61. The quantitative estimate of drug-likeness (QED) is 0.548. The van der Waals surface area contributed by atoms with Crippen molar-refractivity contribution in [2.75, 3.05) is 5.73 Å². The molecule has 0 radical (unpaired) electrons. The molecule has 0 heterocycles. The van der Waals surface area contributed by atoms with Gasteiger partial charge in [-0.3, -0.25) is 0 Å². The first-order valence-corrected chi connectivity index (χ1v) is 4.61. The van der Waals surface area contributed by atoms with Crippen LogP contribution in [0.5, 0.6) is 0 Å². The second kappa shape index (κ2) is 5.76. The molecule has 0 fully saturated rings. The molecule has 4 heteroatoms. The smallest absolute Gasteiger partial charge is 0.152 e. The average Bonchev–Trinajstić information content (AvgIpc) is 2.20. The van der Waals surface area contributed by atoms with Crippen molar-refractivity contribution in [2.24, 2.45) is 0 Å². The van der Waals surface area contributed by atoms with Crippen molar-refractivity contribution in [1.29, 1.82) is 10.7 Å². The molecular formula is C11H14FN3. The van der Waals surface area contributed by atoms with E-state index in [9.17, 15) is 4.39 Å². The molecule has 3 nitrogen and oxygen atoms in total. The number of benzene rings is 1. The SMILES string of the molecule is CC.CC(=N)c1c(N)ccc(C#N)c1F. The van der Waals surface area contributed by atoms with Gasteiger partial charge in [0, 0.05) is 11.4 Å². The van der Waals surface area contributed by atoms with Gasteiger partial charge in [-0.25, -0.2) is 4.39 Å². The molecule has 0 amide bonds. The second-order valence-corrected chi connectivity index (χ2v) is 2.63. The minimum Gasteiger partial charge on any atom is -0.398 e. The number of nitrogens with one attached hydrogen (secondary N) is 1. The Labute approximate surface area is 88.8 Å². The third-order valence-electron chi connectivity index (χ3n) is 1.67. The van der Waals surface area contributed by atoms with Crippen LogP contribution >= 0.6 is 0 Å². The van der Waals surface area contributed by atoms with Crippen molar-refractivity contribution in [3.63, 3.8) is 0 Å². The molecule has 0 aliphatic rings. The van der Waals surface area contributed by atoms with Crippen LogP contribution in [0.4, 0.5) is 10.1 Å². The number of nitrogens with zero attached hydrogens (tertiary/aromatic N) is 1. The van der Waals surface area contributed by atoms with Crippen molar-refractivity contribution >= 4 is 11.4 Å². The second-order valence-electron chi connectivity index (χ2n) is 2.63. The van der Waals surface area contributed by atoms with Gasteiger partial charge in [0.1, 0.15) is 6.07 Å². The maximum atomic E-state index is 13.3. The number of hydrogen-bond acceptors (Lipinski definition) is 3. The van der Waals surface area contributed by atoms with Gasteiger partial charge in [0.15, 0.2) is 5.82 Å². The van der Waals surface area contributed by atoms with E-state index in [0.29, 0.717) is 0 Å². The molecule has 3 N–H and O–H groups in total. The lowest BCUT2D eigenvalue weighted by Gasteiger charge is -2.05. The molecule has 0 aliphatic carbocycles. The van der Waals surface area contributed by atoms with Crippen LogP contribution in [0, 0.1) is 22.6 Å². The van der Waals surface area contributed by atoms with Crippen LogP contribution in [0.15, 0.2) is 12.1 Å². The fourth-order valence-electron chi connectivity index (χ4n) is 1.06. The highest BCUT2D eigenvalue weighted by molar-refractivity contribution is 6.01. The van der Waals surface area contributed by atoms with E-state index in [-0.39, 0.29) is 22.5 Å². The largest absolute Gasteiger partial charge is 0.398 e. The van der Waals surface area contributed by atoms with Crippen molar-refractivity contribution < 1.29 is 4.39 Å². The fraction of sp³-hybridized carbons (Fsp3) is 0.273. The van der Waals surface area contributed by atoms with Gasteiger partial charge in [-0.15, -0.1) is 0 Å². The first-order chi connectivity index (χ1) is 7.07. The van der Waals surface area contributed by atoms with Crippen LogP contribution in [-0.4, -0.2) is 5.71 Å². The highest BCUT2D eigenvalue weighted by Crippen LogP contribution is 2.19. The summed E-state index contributed by atoms with van der Waals surface area (Å²) in [4.78, 5) is 0. The van der Waals surface area contributed by atoms with Crippen LogP contribution in [-0.2, 0) is 0 Å². The minimum atomic E-state index is -0.713. The summed E-state index contributed by atoms with van der Waals surface area (Å²) in [7, 11) is 0. The molecule has 1 aromatic rings. The topological polar surface area (TPSA) is 73.7 Å². The molecule has 0 spiro atoms. The van der Waals surface area contributed by atoms with Gasteiger partial charge in [-0.2, -0.15) is 5.26 Å². The van der Waals surface area contributed by atoms with E-state index in [2.05, 4.69) is 0 Å². The van der Waals surface area contributed by atoms with Gasteiger partial charge in [-0.1, -0.05) is 13.8 Å². The lowest BCUT2D eigenvalue weighted by molar-refractivity contribution is 0.622. The van der Waals surface area contributed by atoms with Gasteiger partial charge >= 0.3 is 0 Å². The number of halogens is 1. The van der Waals surface area contributed by atoms with E-state index in [1.54, 1.807) is 6.07 Å². The summed E-state index contributed by atoms with van der Waals surface area (Å²) in [5.74, 6) is -0.713. The van der Waals surface area contributed by atoms with Gasteiger partial charge in [0.2, 0.25) is 0 Å². The zero-order chi connectivity index (χ0) is 12.0. The Bertz CT molecular complexity index is 405. The average molecular weight is 207 g/mol. The van der Waals surface area contributed by atoms with E-state index in [0.717, 1.165) is 0 Å². The monoisotopic (exact) mass is 207 g/mol. The highest BCUT2D eigenvalue weighted by Gasteiger charge is 2.12. The van der Waals surface area contributed by atoms with E-state index in [4.69, 9.17) is 16.4 Å². The van der Waals surface area contributed by atoms with Crippen LogP contribution in [0.2, 0.25) is 0 Å². The molecule has 0 bridgehead atoms. The summed E-state index contributed by atoms with van der Waals surface area (Å²) in [5.41, 5.74) is 5.59. The fourth-order valence-corrected chi connectivity index (χ4v) is 1.06. The molecular weight excluding hydrogens is 193 g/mol. The predicted molar refractivity (Wildman–Crippen MR) is 59.4 cm³/mol. The van der Waals surface area contributed by atoms with Gasteiger partial charge in [0.25, 0.3) is 0 Å². The standard InChI is InChI=1S/C9H8FN3.C2H6/c1-5(12)8-7(13)3-2-6(4-11)9(8)10;1-2/h2-3,12H,13H2,1H3;1-2H3. The third kappa shape index (κ3) is 2.78. The third-order valence-corrected chi connectivity index (χ3v) is 1.67. The number of nitrogens with two attached hydrogens (primary N) is 1. The molecule has 0 unspecified atom stereocenters. The lowest BCUT2D eigenvalue weighted by Crippen LogP contribution is -2.04. The van der Waals surface area contributed by atoms with Crippen LogP contribution in [0.25, 0.3) is 0 Å². The van der Waals surface area contributed by atoms with Gasteiger partial charge < -0.3 is 11.1 Å². The maximum Gasteiger partial charge on any atom is 0.152 e. The summed E-state index contributed by atoms with van der Waals surface area (Å²) >= 11 is 0. The Morgan fingerprint density at radius 2 is 2.00 bits per heavy atom. The number of nitrogen functional groups attached to an aromatic ring is 1. The summed E-state index contributed by atoms with van der Waals surface area (Å²) in [6.07, 6.45) is 0. The van der Waals surface area contributed by atoms with Crippen LogP contribution in [0.1, 0.15) is 31.9 Å². The molecule has 80 valence electrons. The van der Waals surface area contributed by atoms with E-state index < -0.39 is 5.82 Å². The molecule has 0 aromatic heterocycles. The Kier molecular flexibility index (Phi) is 5.03. The van der Waals surface area contributed by atoms with E-state index in [1.807, 2.05) is 13.8 Å². The van der Waals surface area contributed by atoms with E-state index >= 15 is 0 Å². The summed E-state index contributed by atoms with van der Waals surface area (Å²) in [6, 6.07) is 4.42. The molecule has 0 atom stereocenters. The summed E-state index contributed by atoms with van der Waals surface area (Å²) in [5, 5.41) is 15.8. The van der Waals surface area contributed by atoms with Crippen molar-refractivity contribution in [1.82, 2.24) is 0 Å². The maximum absolute atomic E-state index is 13.3. The zero-order valence-corrected chi connectivity index (χ0v) is 9.06. The first kappa shape index (κ1) is 13.1. The Morgan fingerprint density at radius 3 is 2.40 bits per heavy atom. The van der Waals surface area contributed by atoms with Gasteiger partial charge in [-0.05, 0) is 19.1 Å². The van der Waals surface area contributed by atoms with Gasteiger partial charge in [0.05, 0.1) is 11.1 Å². The van der Waals surface area contributed by atoms with Crippen LogP contribution in [0.3, 0.4) is 0 Å². The highest BCUT2D eigenvalue weighted by atomic mass is 19.1. The Balaban J connectivity index is 0.000000921. The Hall–Kier alpha value is -1.89. The molecule has 0 saturated heterocycles.